The molecule has 1 heterocycles. The fourth-order valence-corrected chi connectivity index (χ4v) is 2.39. The maximum absolute atomic E-state index is 12.3. The molecule has 102 valence electrons. The van der Waals surface area contributed by atoms with Crippen molar-refractivity contribution in [2.75, 3.05) is 0 Å². The average Bonchev–Trinajstić information content (AvgIpc) is 2.26. The third-order valence-corrected chi connectivity index (χ3v) is 3.36. The molecule has 1 rings (SSSR count). The zero-order chi connectivity index (χ0) is 13.9. The molecule has 4 amide bonds. The van der Waals surface area contributed by atoms with Crippen molar-refractivity contribution in [3.8, 4) is 0 Å². The summed E-state index contributed by atoms with van der Waals surface area (Å²) in [5.41, 5.74) is 0. The van der Waals surface area contributed by atoms with E-state index in [1.165, 1.54) is 4.90 Å². The van der Waals surface area contributed by atoms with Gasteiger partial charge >= 0.3 is 6.03 Å². The van der Waals surface area contributed by atoms with E-state index in [1.807, 2.05) is 27.7 Å². The van der Waals surface area contributed by atoms with Crippen molar-refractivity contribution in [2.24, 2.45) is 11.8 Å². The van der Waals surface area contributed by atoms with Gasteiger partial charge in [-0.1, -0.05) is 34.1 Å². The molecule has 2 atom stereocenters. The molecular formula is C13H22N2O3. The molecular weight excluding hydrogens is 232 g/mol. The van der Waals surface area contributed by atoms with Gasteiger partial charge in [0.15, 0.2) is 0 Å². The van der Waals surface area contributed by atoms with Crippen LogP contribution in [0.3, 0.4) is 0 Å². The van der Waals surface area contributed by atoms with Gasteiger partial charge in [0.25, 0.3) is 0 Å². The van der Waals surface area contributed by atoms with Crippen molar-refractivity contribution in [2.45, 2.75) is 53.0 Å². The van der Waals surface area contributed by atoms with E-state index in [0.717, 1.165) is 12.8 Å². The van der Waals surface area contributed by atoms with Gasteiger partial charge in [-0.2, -0.15) is 0 Å². The van der Waals surface area contributed by atoms with E-state index < -0.39 is 17.9 Å². The van der Waals surface area contributed by atoms with Crippen LogP contribution in [-0.4, -0.2) is 28.8 Å². The molecule has 2 unspecified atom stereocenters. The molecule has 1 fully saturated rings. The topological polar surface area (TPSA) is 66.5 Å². The Labute approximate surface area is 108 Å². The SMILES string of the molecule is CCCC(CC)N1C(=O)NC(=O)C(C(C)C)C1=O. The van der Waals surface area contributed by atoms with Crippen molar-refractivity contribution in [3.05, 3.63) is 0 Å². The lowest BCUT2D eigenvalue weighted by molar-refractivity contribution is -0.146. The Bertz CT molecular complexity index is 352. The molecule has 0 spiro atoms. The molecule has 5 nitrogen and oxygen atoms in total. The molecule has 0 aromatic carbocycles. The number of carbonyl (C=O) groups excluding carboxylic acids is 3. The van der Waals surface area contributed by atoms with Crippen LogP contribution in [-0.2, 0) is 9.59 Å². The second-order valence-electron chi connectivity index (χ2n) is 5.08. The van der Waals surface area contributed by atoms with Gasteiger partial charge in [-0.25, -0.2) is 4.79 Å². The molecule has 1 aliphatic heterocycles. The largest absolute Gasteiger partial charge is 0.331 e. The van der Waals surface area contributed by atoms with Gasteiger partial charge in [0.05, 0.1) is 0 Å². The average molecular weight is 254 g/mol. The summed E-state index contributed by atoms with van der Waals surface area (Å²) in [6, 6.07) is -0.681. The van der Waals surface area contributed by atoms with E-state index in [4.69, 9.17) is 0 Å². The van der Waals surface area contributed by atoms with E-state index in [1.54, 1.807) is 0 Å². The Morgan fingerprint density at radius 3 is 2.28 bits per heavy atom. The summed E-state index contributed by atoms with van der Waals surface area (Å²) >= 11 is 0. The van der Waals surface area contributed by atoms with Gasteiger partial charge in [0, 0.05) is 6.04 Å². The summed E-state index contributed by atoms with van der Waals surface area (Å²) in [4.78, 5) is 37.1. The maximum atomic E-state index is 12.3. The van der Waals surface area contributed by atoms with Gasteiger partial charge in [0.2, 0.25) is 11.8 Å². The number of imide groups is 2. The predicted octanol–water partition coefficient (Wildman–Crippen LogP) is 1.92. The van der Waals surface area contributed by atoms with Gasteiger partial charge in [0.1, 0.15) is 5.92 Å². The number of urea groups is 1. The van der Waals surface area contributed by atoms with Crippen LogP contribution in [0.2, 0.25) is 0 Å². The number of carbonyl (C=O) groups is 3. The molecule has 0 aromatic rings. The van der Waals surface area contributed by atoms with Gasteiger partial charge in [-0.3, -0.25) is 19.8 Å². The molecule has 0 aromatic heterocycles. The number of rotatable bonds is 5. The monoisotopic (exact) mass is 254 g/mol. The fraction of sp³-hybridized carbons (Fsp3) is 0.769. The van der Waals surface area contributed by atoms with Crippen LogP contribution in [0.5, 0.6) is 0 Å². The number of nitrogens with zero attached hydrogens (tertiary/aromatic N) is 1. The zero-order valence-corrected chi connectivity index (χ0v) is 11.5. The van der Waals surface area contributed by atoms with E-state index in [0.29, 0.717) is 6.42 Å². The van der Waals surface area contributed by atoms with E-state index in [2.05, 4.69) is 5.32 Å². The molecule has 0 bridgehead atoms. The highest BCUT2D eigenvalue weighted by atomic mass is 16.2. The Morgan fingerprint density at radius 2 is 1.83 bits per heavy atom. The first-order valence-corrected chi connectivity index (χ1v) is 6.61. The van der Waals surface area contributed by atoms with Crippen LogP contribution >= 0.6 is 0 Å². The number of hydrogen-bond donors (Lipinski definition) is 1. The Morgan fingerprint density at radius 1 is 1.22 bits per heavy atom. The van der Waals surface area contributed by atoms with E-state index in [-0.39, 0.29) is 17.9 Å². The van der Waals surface area contributed by atoms with Crippen molar-refractivity contribution < 1.29 is 14.4 Å². The van der Waals surface area contributed by atoms with Crippen molar-refractivity contribution in [1.29, 1.82) is 0 Å². The minimum Gasteiger partial charge on any atom is -0.277 e. The lowest BCUT2D eigenvalue weighted by Crippen LogP contribution is -2.61. The van der Waals surface area contributed by atoms with Gasteiger partial charge < -0.3 is 0 Å². The minimum atomic E-state index is -0.742. The van der Waals surface area contributed by atoms with Crippen LogP contribution in [0.25, 0.3) is 0 Å². The first-order valence-electron chi connectivity index (χ1n) is 6.61. The van der Waals surface area contributed by atoms with Crippen molar-refractivity contribution in [3.63, 3.8) is 0 Å². The smallest absolute Gasteiger partial charge is 0.277 e. The summed E-state index contributed by atoms with van der Waals surface area (Å²) in [6.07, 6.45) is 2.39. The lowest BCUT2D eigenvalue weighted by Gasteiger charge is -2.36. The number of nitrogens with one attached hydrogen (secondary N) is 1. The molecule has 18 heavy (non-hydrogen) atoms. The van der Waals surface area contributed by atoms with Crippen molar-refractivity contribution >= 4 is 17.8 Å². The number of hydrogen-bond acceptors (Lipinski definition) is 3. The third kappa shape index (κ3) is 2.71. The predicted molar refractivity (Wildman–Crippen MR) is 67.7 cm³/mol. The van der Waals surface area contributed by atoms with Crippen LogP contribution in [0.4, 0.5) is 4.79 Å². The zero-order valence-electron chi connectivity index (χ0n) is 11.5. The maximum Gasteiger partial charge on any atom is 0.331 e. The molecule has 0 saturated carbocycles. The number of barbiturate groups is 1. The molecule has 1 N–H and O–H groups in total. The second kappa shape index (κ2) is 5.98. The minimum absolute atomic E-state index is 0.104. The van der Waals surface area contributed by atoms with Crippen LogP contribution in [0.15, 0.2) is 0 Å². The second-order valence-corrected chi connectivity index (χ2v) is 5.08. The lowest BCUT2D eigenvalue weighted by atomic mass is 9.90. The van der Waals surface area contributed by atoms with Crippen LogP contribution in [0, 0.1) is 11.8 Å². The van der Waals surface area contributed by atoms with Crippen LogP contribution in [0.1, 0.15) is 47.0 Å². The first kappa shape index (κ1) is 14.7. The summed E-state index contributed by atoms with van der Waals surface area (Å²) in [7, 11) is 0. The Kier molecular flexibility index (Phi) is 4.87. The third-order valence-electron chi connectivity index (χ3n) is 3.36. The quantitative estimate of drug-likeness (QED) is 0.762. The van der Waals surface area contributed by atoms with Gasteiger partial charge in [-0.05, 0) is 18.8 Å². The molecule has 1 saturated heterocycles. The highest BCUT2D eigenvalue weighted by Crippen LogP contribution is 2.23. The summed E-state index contributed by atoms with van der Waals surface area (Å²) in [6.45, 7) is 7.59. The van der Waals surface area contributed by atoms with E-state index in [9.17, 15) is 14.4 Å². The Balaban J connectivity index is 2.99. The highest BCUT2D eigenvalue weighted by Gasteiger charge is 2.44. The standard InChI is InChI=1S/C13H22N2O3/c1-5-7-9(6-2)15-12(17)10(8(3)4)11(16)14-13(15)18/h8-10H,5-7H2,1-4H3,(H,14,16,18). The fourth-order valence-electron chi connectivity index (χ4n) is 2.39. The summed E-state index contributed by atoms with van der Waals surface area (Å²) in [5.74, 6) is -1.66. The van der Waals surface area contributed by atoms with Crippen LogP contribution < -0.4 is 5.32 Å². The number of amides is 4. The molecule has 5 heteroatoms. The molecule has 0 radical (unpaired) electrons. The van der Waals surface area contributed by atoms with E-state index >= 15 is 0 Å². The molecule has 0 aliphatic carbocycles. The Hall–Kier alpha value is -1.39. The van der Waals surface area contributed by atoms with Gasteiger partial charge in [-0.15, -0.1) is 0 Å². The first-order chi connectivity index (χ1) is 8.43. The summed E-state index contributed by atoms with van der Waals surface area (Å²) < 4.78 is 0. The summed E-state index contributed by atoms with van der Waals surface area (Å²) in [5, 5.41) is 2.29. The highest BCUT2D eigenvalue weighted by molar-refractivity contribution is 6.16. The van der Waals surface area contributed by atoms with Crippen molar-refractivity contribution in [1.82, 2.24) is 10.2 Å². The normalized spacial score (nSPS) is 22.4. The molecule has 1 aliphatic rings.